The van der Waals surface area contributed by atoms with Crippen LogP contribution >= 0.6 is 15.9 Å². The Balaban J connectivity index is 2.15. The topological polar surface area (TPSA) is 38.3 Å². The van der Waals surface area contributed by atoms with Gasteiger partial charge in [-0.05, 0) is 42.3 Å². The molecule has 0 radical (unpaired) electrons. The van der Waals surface area contributed by atoms with E-state index in [0.717, 1.165) is 17.7 Å². The van der Waals surface area contributed by atoms with Crippen LogP contribution in [-0.2, 0) is 11.2 Å². The summed E-state index contributed by atoms with van der Waals surface area (Å²) in [6, 6.07) is 12.1. The van der Waals surface area contributed by atoms with Gasteiger partial charge in [0.05, 0.1) is 0 Å². The van der Waals surface area contributed by atoms with E-state index in [2.05, 4.69) is 26.0 Å². The number of anilines is 1. The third-order valence-corrected chi connectivity index (χ3v) is 3.75. The van der Waals surface area contributed by atoms with Crippen LogP contribution in [0.1, 0.15) is 18.1 Å². The second kappa shape index (κ2) is 8.59. The fourth-order valence-corrected chi connectivity index (χ4v) is 2.52. The molecule has 6 heteroatoms. The van der Waals surface area contributed by atoms with Gasteiger partial charge in [0.25, 0.3) is 0 Å². The van der Waals surface area contributed by atoms with E-state index in [9.17, 15) is 13.6 Å². The zero-order valence-electron chi connectivity index (χ0n) is 12.9. The number of rotatable bonds is 6. The Morgan fingerprint density at radius 1 is 1.29 bits per heavy atom. The second-order valence-corrected chi connectivity index (χ2v) is 5.81. The maximum absolute atomic E-state index is 12.4. The highest BCUT2D eigenvalue weighted by Crippen LogP contribution is 2.26. The predicted octanol–water partition coefficient (Wildman–Crippen LogP) is 5.26. The third kappa shape index (κ3) is 5.16. The molecule has 0 saturated heterocycles. The molecule has 0 saturated carbocycles. The Hall–Kier alpha value is -2.21. The van der Waals surface area contributed by atoms with Gasteiger partial charge in [-0.3, -0.25) is 4.79 Å². The zero-order valence-corrected chi connectivity index (χ0v) is 14.5. The number of halogens is 3. The van der Waals surface area contributed by atoms with E-state index in [1.165, 1.54) is 18.2 Å². The second-order valence-electron chi connectivity index (χ2n) is 4.89. The molecule has 2 rings (SSSR count). The van der Waals surface area contributed by atoms with Gasteiger partial charge in [-0.25, -0.2) is 0 Å². The van der Waals surface area contributed by atoms with Gasteiger partial charge in [-0.2, -0.15) is 8.78 Å². The van der Waals surface area contributed by atoms with Crippen molar-refractivity contribution in [2.24, 2.45) is 0 Å². The SMILES string of the molecule is CCc1ccccc1NC(=O)/C=C/c1cc(Br)ccc1OC(F)F. The van der Waals surface area contributed by atoms with Crippen molar-refractivity contribution in [1.82, 2.24) is 0 Å². The molecule has 2 aromatic rings. The van der Waals surface area contributed by atoms with E-state index in [4.69, 9.17) is 0 Å². The highest BCUT2D eigenvalue weighted by atomic mass is 79.9. The van der Waals surface area contributed by atoms with E-state index in [-0.39, 0.29) is 11.7 Å². The quantitative estimate of drug-likeness (QED) is 0.676. The summed E-state index contributed by atoms with van der Waals surface area (Å²) in [6.45, 7) is -0.931. The number of amides is 1. The molecule has 0 atom stereocenters. The molecule has 3 nitrogen and oxygen atoms in total. The molecule has 1 N–H and O–H groups in total. The van der Waals surface area contributed by atoms with Gasteiger partial charge in [0.1, 0.15) is 5.75 Å². The summed E-state index contributed by atoms with van der Waals surface area (Å²) in [4.78, 5) is 12.1. The summed E-state index contributed by atoms with van der Waals surface area (Å²) in [6.07, 6.45) is 3.51. The number of carbonyl (C=O) groups is 1. The van der Waals surface area contributed by atoms with E-state index < -0.39 is 6.61 Å². The number of benzene rings is 2. The van der Waals surface area contributed by atoms with Gasteiger partial charge in [0.15, 0.2) is 0 Å². The molecule has 0 bridgehead atoms. The van der Waals surface area contributed by atoms with Crippen molar-refractivity contribution < 1.29 is 18.3 Å². The first-order valence-corrected chi connectivity index (χ1v) is 8.10. The van der Waals surface area contributed by atoms with Crippen LogP contribution in [0.3, 0.4) is 0 Å². The van der Waals surface area contributed by atoms with Crippen molar-refractivity contribution in [1.29, 1.82) is 0 Å². The summed E-state index contributed by atoms with van der Waals surface area (Å²) in [5.41, 5.74) is 2.12. The van der Waals surface area contributed by atoms with Crippen LogP contribution in [-0.4, -0.2) is 12.5 Å². The van der Waals surface area contributed by atoms with Crippen LogP contribution in [0.4, 0.5) is 14.5 Å². The van der Waals surface area contributed by atoms with Crippen molar-refractivity contribution in [3.63, 3.8) is 0 Å². The standard InChI is InChI=1S/C18H16BrF2NO2/c1-2-12-5-3-4-6-15(12)22-17(23)10-7-13-11-14(19)8-9-16(13)24-18(20)21/h3-11,18H,2H2,1H3,(H,22,23)/b10-7+. The van der Waals surface area contributed by atoms with Crippen LogP contribution in [0.15, 0.2) is 53.0 Å². The lowest BCUT2D eigenvalue weighted by Crippen LogP contribution is -2.09. The predicted molar refractivity (Wildman–Crippen MR) is 94.3 cm³/mol. The summed E-state index contributed by atoms with van der Waals surface area (Å²) in [5.74, 6) is -0.343. The van der Waals surface area contributed by atoms with Gasteiger partial charge < -0.3 is 10.1 Å². The average molecular weight is 396 g/mol. The minimum Gasteiger partial charge on any atom is -0.434 e. The Bertz CT molecular complexity index is 748. The van der Waals surface area contributed by atoms with E-state index in [0.29, 0.717) is 10.0 Å². The number of hydrogen-bond donors (Lipinski definition) is 1. The van der Waals surface area contributed by atoms with E-state index in [1.54, 1.807) is 12.1 Å². The molecule has 0 aliphatic heterocycles. The summed E-state index contributed by atoms with van der Waals surface area (Å²) in [7, 11) is 0. The van der Waals surface area contributed by atoms with Gasteiger partial charge in [-0.15, -0.1) is 0 Å². The maximum Gasteiger partial charge on any atom is 0.387 e. The lowest BCUT2D eigenvalue weighted by Gasteiger charge is -2.09. The highest BCUT2D eigenvalue weighted by molar-refractivity contribution is 9.10. The van der Waals surface area contributed by atoms with E-state index >= 15 is 0 Å². The minimum atomic E-state index is -2.93. The molecule has 0 aliphatic carbocycles. The van der Waals surface area contributed by atoms with E-state index in [1.807, 2.05) is 31.2 Å². The fraction of sp³-hybridized carbons (Fsp3) is 0.167. The van der Waals surface area contributed by atoms with Gasteiger partial charge in [0.2, 0.25) is 5.91 Å². The third-order valence-electron chi connectivity index (χ3n) is 3.26. The summed E-state index contributed by atoms with van der Waals surface area (Å²) >= 11 is 3.26. The summed E-state index contributed by atoms with van der Waals surface area (Å²) in [5, 5.41) is 2.78. The molecule has 0 fully saturated rings. The lowest BCUT2D eigenvalue weighted by molar-refractivity contribution is -0.111. The Labute approximate surface area is 147 Å². The van der Waals surface area contributed by atoms with Crippen molar-refractivity contribution >= 4 is 33.6 Å². The molecule has 0 unspecified atom stereocenters. The van der Waals surface area contributed by atoms with Crippen molar-refractivity contribution in [2.45, 2.75) is 20.0 Å². The lowest BCUT2D eigenvalue weighted by atomic mass is 10.1. The number of aryl methyl sites for hydroxylation is 1. The molecule has 2 aromatic carbocycles. The number of carbonyl (C=O) groups excluding carboxylic acids is 1. The number of para-hydroxylation sites is 1. The van der Waals surface area contributed by atoms with Gasteiger partial charge >= 0.3 is 6.61 Å². The summed E-state index contributed by atoms with van der Waals surface area (Å²) < 4.78 is 30.0. The number of alkyl halides is 2. The molecule has 0 heterocycles. The zero-order chi connectivity index (χ0) is 17.5. The normalized spacial score (nSPS) is 11.0. The molecule has 0 aromatic heterocycles. The molecule has 24 heavy (non-hydrogen) atoms. The largest absolute Gasteiger partial charge is 0.434 e. The maximum atomic E-state index is 12.4. The van der Waals surface area contributed by atoms with Gasteiger partial charge in [-0.1, -0.05) is 41.1 Å². The number of ether oxygens (including phenoxy) is 1. The van der Waals surface area contributed by atoms with Crippen LogP contribution in [0.2, 0.25) is 0 Å². The fourth-order valence-electron chi connectivity index (χ4n) is 2.14. The molecule has 0 spiro atoms. The first-order valence-electron chi connectivity index (χ1n) is 7.31. The van der Waals surface area contributed by atoms with Crippen LogP contribution < -0.4 is 10.1 Å². The number of hydrogen-bond acceptors (Lipinski definition) is 2. The molecule has 126 valence electrons. The molecule has 1 amide bonds. The van der Waals surface area contributed by atoms with Crippen molar-refractivity contribution in [2.75, 3.05) is 5.32 Å². The number of nitrogens with one attached hydrogen (secondary N) is 1. The first kappa shape index (κ1) is 18.1. The molecular weight excluding hydrogens is 380 g/mol. The Morgan fingerprint density at radius 3 is 2.75 bits per heavy atom. The van der Waals surface area contributed by atoms with Gasteiger partial charge in [0, 0.05) is 21.8 Å². The van der Waals surface area contributed by atoms with Crippen LogP contribution in [0.25, 0.3) is 6.08 Å². The highest BCUT2D eigenvalue weighted by Gasteiger charge is 2.09. The smallest absolute Gasteiger partial charge is 0.387 e. The Morgan fingerprint density at radius 2 is 2.04 bits per heavy atom. The minimum absolute atomic E-state index is 0.00575. The van der Waals surface area contributed by atoms with Crippen LogP contribution in [0, 0.1) is 0 Å². The molecule has 0 aliphatic rings. The monoisotopic (exact) mass is 395 g/mol. The Kier molecular flexibility index (Phi) is 6.49. The van der Waals surface area contributed by atoms with Crippen molar-refractivity contribution in [3.8, 4) is 5.75 Å². The van der Waals surface area contributed by atoms with Crippen molar-refractivity contribution in [3.05, 3.63) is 64.1 Å². The average Bonchev–Trinajstić information content (AvgIpc) is 2.55. The molecular formula is C18H16BrF2NO2. The first-order chi connectivity index (χ1) is 11.5. The van der Waals surface area contributed by atoms with Crippen LogP contribution in [0.5, 0.6) is 5.75 Å².